The normalized spacial score (nSPS) is 23.3. The molecule has 4 rings (SSSR count). The van der Waals surface area contributed by atoms with Crippen molar-refractivity contribution < 1.29 is 26.7 Å². The highest BCUT2D eigenvalue weighted by Gasteiger charge is 2.51. The van der Waals surface area contributed by atoms with E-state index in [4.69, 9.17) is 0 Å². The minimum Gasteiger partial charge on any atom is -0.384 e. The highest BCUT2D eigenvalue weighted by Crippen LogP contribution is 2.46. The third kappa shape index (κ3) is 4.67. The maximum Gasteiger partial charge on any atom is 0.267 e. The molecule has 0 radical (unpaired) electrons. The number of aliphatic hydroxyl groups is 1. The highest BCUT2D eigenvalue weighted by molar-refractivity contribution is 7.91. The lowest BCUT2D eigenvalue weighted by Crippen LogP contribution is -2.46. The number of sulfone groups is 1. The summed E-state index contributed by atoms with van der Waals surface area (Å²) in [5.41, 5.74) is -1.88. The van der Waals surface area contributed by atoms with Crippen molar-refractivity contribution in [2.45, 2.75) is 42.6 Å². The van der Waals surface area contributed by atoms with Crippen molar-refractivity contribution in [3.8, 4) is 0 Å². The van der Waals surface area contributed by atoms with Gasteiger partial charge in [0.15, 0.2) is 9.84 Å². The summed E-state index contributed by atoms with van der Waals surface area (Å²) in [5.74, 6) is -2.29. The fraction of sp³-hybridized carbons (Fsp3) is 0.370. The van der Waals surface area contributed by atoms with Gasteiger partial charge in [0.2, 0.25) is 0 Å². The van der Waals surface area contributed by atoms with Gasteiger partial charge in [-0.2, -0.15) is 0 Å². The Labute approximate surface area is 212 Å². The minimum atomic E-state index is -3.99. The molecule has 1 aliphatic rings. The summed E-state index contributed by atoms with van der Waals surface area (Å²) in [5, 5.41) is 12.1. The van der Waals surface area contributed by atoms with E-state index >= 15 is 0 Å². The fourth-order valence-electron chi connectivity index (χ4n) is 5.44. The van der Waals surface area contributed by atoms with Gasteiger partial charge in [-0.25, -0.2) is 20.8 Å². The summed E-state index contributed by atoms with van der Waals surface area (Å²) in [7, 11) is -7.95. The van der Waals surface area contributed by atoms with Crippen LogP contribution in [0.1, 0.15) is 32.8 Å². The molecule has 0 spiro atoms. The van der Waals surface area contributed by atoms with E-state index in [-0.39, 0.29) is 33.0 Å². The molecule has 1 fully saturated rings. The number of hydrogen-bond acceptors (Lipinski definition) is 6. The van der Waals surface area contributed by atoms with Gasteiger partial charge in [0.1, 0.15) is 11.4 Å². The molecule has 9 heteroatoms. The van der Waals surface area contributed by atoms with Gasteiger partial charge in [0, 0.05) is 35.7 Å². The summed E-state index contributed by atoms with van der Waals surface area (Å²) < 4.78 is 54.2. The first-order valence-corrected chi connectivity index (χ1v) is 15.0. The average Bonchev–Trinajstić information content (AvgIpc) is 3.45. The van der Waals surface area contributed by atoms with E-state index in [1.807, 2.05) is 13.8 Å². The number of benzene rings is 2. The van der Waals surface area contributed by atoms with E-state index in [1.165, 1.54) is 42.7 Å². The standard InChI is InChI=1S/C27H31NO6S2/c1-19-16-20(2)26(29)25(19)21(3)27(30,18-35(31,32)23-10-6-4-7-11-23)22-14-15-28(17-22)36(33,34)24-12-8-5-9-13-24/h4-15,17,19-21,25,30H,16,18H2,1-3H3/t19-,20+,21?,25?,27?/m1/s1. The Hall–Kier alpha value is -2.75. The molecule has 36 heavy (non-hydrogen) atoms. The van der Waals surface area contributed by atoms with Crippen molar-refractivity contribution in [1.82, 2.24) is 3.97 Å². The van der Waals surface area contributed by atoms with Crippen LogP contribution in [-0.2, 0) is 30.3 Å². The number of aromatic nitrogens is 1. The second-order valence-electron chi connectivity index (χ2n) is 9.88. The third-order valence-corrected chi connectivity index (χ3v) is 10.9. The second-order valence-corrected chi connectivity index (χ2v) is 13.7. The van der Waals surface area contributed by atoms with Crippen molar-refractivity contribution in [3.63, 3.8) is 0 Å². The molecule has 192 valence electrons. The van der Waals surface area contributed by atoms with Crippen LogP contribution in [0.15, 0.2) is 88.9 Å². The first-order chi connectivity index (χ1) is 16.9. The van der Waals surface area contributed by atoms with Gasteiger partial charge in [0.05, 0.1) is 15.5 Å². The maximum absolute atomic E-state index is 13.4. The molecular formula is C27H31NO6S2. The summed E-state index contributed by atoms with van der Waals surface area (Å²) in [6.45, 7) is 5.45. The van der Waals surface area contributed by atoms with E-state index in [9.17, 15) is 26.7 Å². The Morgan fingerprint density at radius 3 is 2.03 bits per heavy atom. The van der Waals surface area contributed by atoms with Crippen LogP contribution in [0.4, 0.5) is 0 Å². The quantitative estimate of drug-likeness (QED) is 0.474. The molecule has 2 aromatic carbocycles. The van der Waals surface area contributed by atoms with Gasteiger partial charge >= 0.3 is 0 Å². The Bertz CT molecular complexity index is 1450. The molecule has 0 saturated heterocycles. The van der Waals surface area contributed by atoms with Crippen molar-refractivity contribution in [3.05, 3.63) is 84.7 Å². The molecule has 1 aliphatic carbocycles. The predicted molar refractivity (Wildman–Crippen MR) is 136 cm³/mol. The summed E-state index contributed by atoms with van der Waals surface area (Å²) in [4.78, 5) is 13.2. The van der Waals surface area contributed by atoms with Crippen LogP contribution in [0.3, 0.4) is 0 Å². The molecule has 3 unspecified atom stereocenters. The smallest absolute Gasteiger partial charge is 0.267 e. The van der Waals surface area contributed by atoms with Crippen molar-refractivity contribution in [2.75, 3.05) is 5.75 Å². The van der Waals surface area contributed by atoms with Crippen LogP contribution >= 0.6 is 0 Å². The van der Waals surface area contributed by atoms with Crippen molar-refractivity contribution in [1.29, 1.82) is 0 Å². The Morgan fingerprint density at radius 2 is 1.50 bits per heavy atom. The van der Waals surface area contributed by atoms with Crippen molar-refractivity contribution >= 4 is 25.6 Å². The monoisotopic (exact) mass is 529 g/mol. The lowest BCUT2D eigenvalue weighted by atomic mass is 9.73. The Kier molecular flexibility index (Phi) is 7.02. The van der Waals surface area contributed by atoms with Crippen LogP contribution in [0.25, 0.3) is 0 Å². The summed E-state index contributed by atoms with van der Waals surface area (Å²) in [6, 6.07) is 17.1. The van der Waals surface area contributed by atoms with E-state index in [1.54, 1.807) is 43.3 Å². The van der Waals surface area contributed by atoms with E-state index in [0.29, 0.717) is 6.42 Å². The second kappa shape index (κ2) is 9.61. The molecule has 0 bridgehead atoms. The molecule has 0 aliphatic heterocycles. The lowest BCUT2D eigenvalue weighted by Gasteiger charge is -2.38. The fourth-order valence-corrected chi connectivity index (χ4v) is 8.41. The molecule has 1 saturated carbocycles. The summed E-state index contributed by atoms with van der Waals surface area (Å²) in [6.07, 6.45) is 3.21. The van der Waals surface area contributed by atoms with Gasteiger partial charge in [-0.05, 0) is 42.7 Å². The molecule has 5 atom stereocenters. The SMILES string of the molecule is CC(C1C(=O)[C@@H](C)C[C@H]1C)C(O)(CS(=O)(=O)c1ccccc1)c1ccn(S(=O)(=O)c2ccccc2)c1. The average molecular weight is 530 g/mol. The van der Waals surface area contributed by atoms with Crippen LogP contribution in [-0.4, -0.2) is 37.5 Å². The van der Waals surface area contributed by atoms with Gasteiger partial charge in [-0.1, -0.05) is 57.2 Å². The molecule has 0 amide bonds. The number of Topliss-reactive ketones (excluding diaryl/α,β-unsaturated/α-hetero) is 1. The number of ketones is 1. The number of carbonyl (C=O) groups excluding carboxylic acids is 1. The third-order valence-electron chi connectivity index (χ3n) is 7.44. The van der Waals surface area contributed by atoms with Gasteiger partial charge < -0.3 is 5.11 Å². The Balaban J connectivity index is 1.81. The minimum absolute atomic E-state index is 0.0122. The number of hydrogen-bond donors (Lipinski definition) is 1. The molecule has 1 heterocycles. The number of carbonyl (C=O) groups is 1. The maximum atomic E-state index is 13.4. The van der Waals surface area contributed by atoms with Crippen LogP contribution in [0.2, 0.25) is 0 Å². The van der Waals surface area contributed by atoms with Crippen molar-refractivity contribution in [2.24, 2.45) is 23.7 Å². The zero-order valence-electron chi connectivity index (χ0n) is 20.5. The van der Waals surface area contributed by atoms with Gasteiger partial charge in [-0.3, -0.25) is 4.79 Å². The lowest BCUT2D eigenvalue weighted by molar-refractivity contribution is -0.129. The topological polar surface area (TPSA) is 111 Å². The van der Waals surface area contributed by atoms with E-state index < -0.39 is 43.1 Å². The predicted octanol–water partition coefficient (Wildman–Crippen LogP) is 3.88. The zero-order chi connectivity index (χ0) is 26.3. The molecule has 1 N–H and O–H groups in total. The molecular weight excluding hydrogens is 498 g/mol. The molecule has 7 nitrogen and oxygen atoms in total. The number of rotatable bonds is 8. The van der Waals surface area contributed by atoms with Crippen LogP contribution in [0, 0.1) is 23.7 Å². The van der Waals surface area contributed by atoms with Crippen LogP contribution < -0.4 is 0 Å². The summed E-state index contributed by atoms with van der Waals surface area (Å²) >= 11 is 0. The van der Waals surface area contributed by atoms with E-state index in [2.05, 4.69) is 0 Å². The Morgan fingerprint density at radius 1 is 0.944 bits per heavy atom. The van der Waals surface area contributed by atoms with E-state index in [0.717, 1.165) is 3.97 Å². The molecule has 3 aromatic rings. The largest absolute Gasteiger partial charge is 0.384 e. The van der Waals surface area contributed by atoms with Crippen LogP contribution in [0.5, 0.6) is 0 Å². The number of nitrogens with zero attached hydrogens (tertiary/aromatic N) is 1. The first-order valence-electron chi connectivity index (χ1n) is 11.9. The highest BCUT2D eigenvalue weighted by atomic mass is 32.2. The molecule has 1 aromatic heterocycles. The first kappa shape index (κ1) is 26.3. The van der Waals surface area contributed by atoms with Gasteiger partial charge in [0.25, 0.3) is 10.0 Å². The zero-order valence-corrected chi connectivity index (χ0v) is 22.1. The van der Waals surface area contributed by atoms with Gasteiger partial charge in [-0.15, -0.1) is 0 Å².